The molecule has 3 aromatic rings. The number of carbonyl (C=O) groups excluding carboxylic acids is 1. The minimum Gasteiger partial charge on any atom is -0.481 e. The Morgan fingerprint density at radius 3 is 2.29 bits per heavy atom. The molecule has 1 amide bonds. The maximum absolute atomic E-state index is 12.2. The van der Waals surface area contributed by atoms with Gasteiger partial charge in [0.05, 0.1) is 15.7 Å². The van der Waals surface area contributed by atoms with Crippen molar-refractivity contribution in [2.45, 2.75) is 20.3 Å². The number of nitrogens with one attached hydrogen (secondary N) is 1. The van der Waals surface area contributed by atoms with Crippen molar-refractivity contribution in [3.8, 4) is 5.75 Å². The van der Waals surface area contributed by atoms with Gasteiger partial charge in [-0.3, -0.25) is 9.79 Å². The summed E-state index contributed by atoms with van der Waals surface area (Å²) in [7, 11) is 0. The van der Waals surface area contributed by atoms with E-state index in [0.29, 0.717) is 20.8 Å². The van der Waals surface area contributed by atoms with E-state index in [-0.39, 0.29) is 18.3 Å². The van der Waals surface area contributed by atoms with Crippen molar-refractivity contribution in [3.63, 3.8) is 0 Å². The number of ether oxygens (including phenoxy) is 1. The Hall–Kier alpha value is -2.53. The molecule has 1 N–H and O–H groups in total. The monoisotopic (exact) mass is 474 g/mol. The van der Waals surface area contributed by atoms with Crippen molar-refractivity contribution in [3.05, 3.63) is 86.4 Å². The summed E-state index contributed by atoms with van der Waals surface area (Å²) in [6.07, 6.45) is 2.66. The molecule has 0 fully saturated rings. The van der Waals surface area contributed by atoms with Gasteiger partial charge in [0.25, 0.3) is 5.91 Å². The molecular weight excluding hydrogens is 455 g/mol. The van der Waals surface area contributed by atoms with Crippen molar-refractivity contribution >= 4 is 58.3 Å². The molecule has 4 nitrogen and oxygen atoms in total. The number of aryl methyl sites for hydroxylation is 2. The van der Waals surface area contributed by atoms with Gasteiger partial charge in [-0.2, -0.15) is 0 Å². The Labute approximate surface area is 196 Å². The zero-order valence-corrected chi connectivity index (χ0v) is 19.4. The van der Waals surface area contributed by atoms with Gasteiger partial charge < -0.3 is 10.1 Å². The lowest BCUT2D eigenvalue weighted by Gasteiger charge is -2.11. The molecule has 160 valence electrons. The first kappa shape index (κ1) is 23.1. The lowest BCUT2D eigenvalue weighted by Crippen LogP contribution is -2.20. The van der Waals surface area contributed by atoms with E-state index in [0.717, 1.165) is 23.2 Å². The summed E-state index contributed by atoms with van der Waals surface area (Å²) in [5.41, 5.74) is 4.32. The summed E-state index contributed by atoms with van der Waals surface area (Å²) >= 11 is 18.7. The van der Waals surface area contributed by atoms with Crippen LogP contribution in [0.2, 0.25) is 15.1 Å². The summed E-state index contributed by atoms with van der Waals surface area (Å²) in [5, 5.41) is 3.88. The highest BCUT2D eigenvalue weighted by Crippen LogP contribution is 2.34. The SMILES string of the molecule is CCc1ccc(N=Cc2cc(Cl)c(OCC(=O)Nc3ccc(C)c(Cl)c3)c(Cl)c2)cc1. The zero-order chi connectivity index (χ0) is 22.4. The number of aliphatic imine (C=N–C) groups is 1. The van der Waals surface area contributed by atoms with Crippen LogP contribution in [0, 0.1) is 6.92 Å². The average Bonchev–Trinajstić information content (AvgIpc) is 2.74. The maximum atomic E-state index is 12.2. The lowest BCUT2D eigenvalue weighted by molar-refractivity contribution is -0.118. The highest BCUT2D eigenvalue weighted by molar-refractivity contribution is 6.37. The average molecular weight is 476 g/mol. The largest absolute Gasteiger partial charge is 0.481 e. The Balaban J connectivity index is 1.63. The van der Waals surface area contributed by atoms with Crippen LogP contribution in [0.15, 0.2) is 59.6 Å². The van der Waals surface area contributed by atoms with E-state index in [1.54, 1.807) is 30.5 Å². The molecule has 0 bridgehead atoms. The van der Waals surface area contributed by atoms with Gasteiger partial charge in [-0.05, 0) is 66.4 Å². The van der Waals surface area contributed by atoms with Crippen LogP contribution in [0.4, 0.5) is 11.4 Å². The normalized spacial score (nSPS) is 11.0. The zero-order valence-electron chi connectivity index (χ0n) is 17.1. The molecule has 0 saturated carbocycles. The van der Waals surface area contributed by atoms with Crippen LogP contribution in [-0.4, -0.2) is 18.7 Å². The van der Waals surface area contributed by atoms with E-state index in [9.17, 15) is 4.79 Å². The number of halogens is 3. The van der Waals surface area contributed by atoms with E-state index in [1.807, 2.05) is 37.3 Å². The van der Waals surface area contributed by atoms with E-state index in [1.165, 1.54) is 5.56 Å². The third-order valence-electron chi connectivity index (χ3n) is 4.53. The highest BCUT2D eigenvalue weighted by Gasteiger charge is 2.12. The van der Waals surface area contributed by atoms with Crippen LogP contribution in [0.5, 0.6) is 5.75 Å². The molecule has 31 heavy (non-hydrogen) atoms. The number of hydrogen-bond acceptors (Lipinski definition) is 3. The molecule has 0 aliphatic rings. The molecule has 3 aromatic carbocycles. The highest BCUT2D eigenvalue weighted by atomic mass is 35.5. The van der Waals surface area contributed by atoms with Gasteiger partial charge >= 0.3 is 0 Å². The first-order valence-corrected chi connectivity index (χ1v) is 10.8. The second kappa shape index (κ2) is 10.7. The van der Waals surface area contributed by atoms with Crippen molar-refractivity contribution < 1.29 is 9.53 Å². The lowest BCUT2D eigenvalue weighted by atomic mass is 10.1. The van der Waals surface area contributed by atoms with Gasteiger partial charge in [0.15, 0.2) is 12.4 Å². The molecule has 7 heteroatoms. The molecular formula is C24H21Cl3N2O2. The van der Waals surface area contributed by atoms with Crippen molar-refractivity contribution in [1.29, 1.82) is 0 Å². The van der Waals surface area contributed by atoms with E-state index < -0.39 is 0 Å². The number of anilines is 1. The van der Waals surface area contributed by atoms with Crippen LogP contribution in [-0.2, 0) is 11.2 Å². The first-order valence-electron chi connectivity index (χ1n) is 9.66. The summed E-state index contributed by atoms with van der Waals surface area (Å²) in [6.45, 7) is 3.74. The summed E-state index contributed by atoms with van der Waals surface area (Å²) in [6, 6.07) is 16.6. The second-order valence-corrected chi connectivity index (χ2v) is 8.11. The molecule has 0 heterocycles. The van der Waals surface area contributed by atoms with Crippen molar-refractivity contribution in [2.75, 3.05) is 11.9 Å². The van der Waals surface area contributed by atoms with E-state index >= 15 is 0 Å². The van der Waals surface area contributed by atoms with Crippen LogP contribution in [0.3, 0.4) is 0 Å². The van der Waals surface area contributed by atoms with Gasteiger partial charge in [0.2, 0.25) is 0 Å². The van der Waals surface area contributed by atoms with Gasteiger partial charge in [0.1, 0.15) is 0 Å². The van der Waals surface area contributed by atoms with Crippen LogP contribution < -0.4 is 10.1 Å². The predicted molar refractivity (Wildman–Crippen MR) is 130 cm³/mol. The third-order valence-corrected chi connectivity index (χ3v) is 5.50. The van der Waals surface area contributed by atoms with E-state index in [2.05, 4.69) is 17.2 Å². The Kier molecular flexibility index (Phi) is 7.97. The molecule has 0 aliphatic carbocycles. The van der Waals surface area contributed by atoms with Crippen molar-refractivity contribution in [1.82, 2.24) is 0 Å². The molecule has 0 aromatic heterocycles. The molecule has 0 atom stereocenters. The summed E-state index contributed by atoms with van der Waals surface area (Å²) in [4.78, 5) is 16.6. The maximum Gasteiger partial charge on any atom is 0.262 e. The van der Waals surface area contributed by atoms with Gasteiger partial charge in [0, 0.05) is 16.9 Å². The fourth-order valence-corrected chi connectivity index (χ4v) is 3.56. The minimum atomic E-state index is -0.354. The number of nitrogens with zero attached hydrogens (tertiary/aromatic N) is 1. The van der Waals surface area contributed by atoms with Gasteiger partial charge in [-0.25, -0.2) is 0 Å². The molecule has 0 spiro atoms. The van der Waals surface area contributed by atoms with Crippen LogP contribution in [0.1, 0.15) is 23.6 Å². The van der Waals surface area contributed by atoms with Crippen LogP contribution >= 0.6 is 34.8 Å². The predicted octanol–water partition coefficient (Wildman–Crippen LogP) is 7.29. The number of rotatable bonds is 7. The molecule has 0 aliphatic heterocycles. The Morgan fingerprint density at radius 2 is 1.68 bits per heavy atom. The molecule has 0 radical (unpaired) electrons. The quantitative estimate of drug-likeness (QED) is 0.365. The van der Waals surface area contributed by atoms with Gasteiger partial charge in [-0.1, -0.05) is 59.9 Å². The number of benzene rings is 3. The van der Waals surface area contributed by atoms with Gasteiger partial charge in [-0.15, -0.1) is 0 Å². The summed E-state index contributed by atoms with van der Waals surface area (Å²) < 4.78 is 5.55. The summed E-state index contributed by atoms with van der Waals surface area (Å²) in [5.74, 6) is -0.113. The van der Waals surface area contributed by atoms with Crippen LogP contribution in [0.25, 0.3) is 0 Å². The number of hydrogen-bond donors (Lipinski definition) is 1. The number of amides is 1. The van der Waals surface area contributed by atoms with Crippen molar-refractivity contribution in [2.24, 2.45) is 4.99 Å². The standard InChI is InChI=1S/C24H21Cl3N2O2/c1-3-16-5-8-18(9-6-16)28-13-17-10-21(26)24(22(27)11-17)31-14-23(30)29-19-7-4-15(2)20(25)12-19/h4-13H,3,14H2,1-2H3,(H,29,30). The molecule has 0 unspecified atom stereocenters. The fraction of sp³-hybridized carbons (Fsp3) is 0.167. The second-order valence-electron chi connectivity index (χ2n) is 6.89. The Bertz CT molecular complexity index is 1090. The minimum absolute atomic E-state index is 0.241. The first-order chi connectivity index (χ1) is 14.9. The molecule has 0 saturated heterocycles. The Morgan fingerprint density at radius 1 is 1.00 bits per heavy atom. The molecule has 3 rings (SSSR count). The fourth-order valence-electron chi connectivity index (χ4n) is 2.76. The third kappa shape index (κ3) is 6.47. The van der Waals surface area contributed by atoms with E-state index in [4.69, 9.17) is 39.5 Å². The topological polar surface area (TPSA) is 50.7 Å². The smallest absolute Gasteiger partial charge is 0.262 e. The number of carbonyl (C=O) groups is 1.